The Morgan fingerprint density at radius 3 is 2.71 bits per heavy atom. The van der Waals surface area contributed by atoms with Crippen molar-refractivity contribution in [3.05, 3.63) is 59.3 Å². The third-order valence-corrected chi connectivity index (χ3v) is 4.41. The lowest BCUT2D eigenvalue weighted by Gasteiger charge is -2.23. The lowest BCUT2D eigenvalue weighted by Crippen LogP contribution is -2.41. The predicted molar refractivity (Wildman–Crippen MR) is 90.6 cm³/mol. The van der Waals surface area contributed by atoms with Crippen molar-refractivity contribution in [2.75, 3.05) is 7.11 Å². The maximum absolute atomic E-state index is 12.4. The van der Waals surface area contributed by atoms with E-state index in [0.717, 1.165) is 5.56 Å². The molecule has 5 nitrogen and oxygen atoms in total. The molecule has 1 atom stereocenters. The van der Waals surface area contributed by atoms with Gasteiger partial charge in [0.05, 0.1) is 7.11 Å². The summed E-state index contributed by atoms with van der Waals surface area (Å²) in [6.07, 6.45) is 4.20. The van der Waals surface area contributed by atoms with Crippen LogP contribution in [0.4, 0.5) is 0 Å². The molecule has 5 heteroatoms. The summed E-state index contributed by atoms with van der Waals surface area (Å²) in [5.41, 5.74) is 0.962. The third kappa shape index (κ3) is 3.41. The van der Waals surface area contributed by atoms with Crippen molar-refractivity contribution < 1.29 is 14.6 Å². The molecule has 1 fully saturated rings. The van der Waals surface area contributed by atoms with Gasteiger partial charge in [-0.1, -0.05) is 30.3 Å². The summed E-state index contributed by atoms with van der Waals surface area (Å²) in [4.78, 5) is 16.8. The molecule has 1 aromatic heterocycles. The maximum atomic E-state index is 12.4. The van der Waals surface area contributed by atoms with E-state index >= 15 is 0 Å². The molecule has 0 bridgehead atoms. The number of hydrogen-bond donors (Lipinski definition) is 2. The Hall–Kier alpha value is -2.40. The predicted octanol–water partition coefficient (Wildman–Crippen LogP) is 2.49. The first kappa shape index (κ1) is 16.5. The molecule has 1 aliphatic rings. The molecule has 126 valence electrons. The Morgan fingerprint density at radius 1 is 1.38 bits per heavy atom. The van der Waals surface area contributed by atoms with Gasteiger partial charge in [0.25, 0.3) is 5.91 Å². The summed E-state index contributed by atoms with van der Waals surface area (Å²) in [5.74, 6) is 0.622. The van der Waals surface area contributed by atoms with E-state index in [0.29, 0.717) is 17.4 Å². The molecular weight excluding hydrogens is 304 g/mol. The Labute approximate surface area is 141 Å². The van der Waals surface area contributed by atoms with Crippen LogP contribution in [0.5, 0.6) is 5.88 Å². The number of aliphatic hydroxyl groups is 1. The molecular formula is C19H22N2O3. The lowest BCUT2D eigenvalue weighted by molar-refractivity contribution is -0.139. The number of nitrogens with zero attached hydrogens (tertiary/aromatic N) is 1. The van der Waals surface area contributed by atoms with Gasteiger partial charge >= 0.3 is 0 Å². The van der Waals surface area contributed by atoms with Crippen LogP contribution in [0.1, 0.15) is 42.4 Å². The number of carbonyl (C=O) groups excluding carboxylic acids is 1. The first-order valence-electron chi connectivity index (χ1n) is 8.11. The van der Waals surface area contributed by atoms with Crippen molar-refractivity contribution in [3.8, 4) is 5.88 Å². The molecule has 2 N–H and O–H groups in total. The van der Waals surface area contributed by atoms with Crippen molar-refractivity contribution >= 4 is 5.91 Å². The van der Waals surface area contributed by atoms with Crippen LogP contribution in [0.3, 0.4) is 0 Å². The van der Waals surface area contributed by atoms with Crippen molar-refractivity contribution in [2.45, 2.75) is 37.8 Å². The molecule has 0 aliphatic heterocycles. The molecule has 0 radical (unpaired) electrons. The second kappa shape index (κ2) is 6.61. The van der Waals surface area contributed by atoms with E-state index in [4.69, 9.17) is 4.74 Å². The Balaban J connectivity index is 1.73. The van der Waals surface area contributed by atoms with E-state index < -0.39 is 11.5 Å². The summed E-state index contributed by atoms with van der Waals surface area (Å²) in [6.45, 7) is 1.76. The van der Waals surface area contributed by atoms with Gasteiger partial charge in [-0.15, -0.1) is 0 Å². The number of nitrogens with one attached hydrogen (secondary N) is 1. The van der Waals surface area contributed by atoms with Gasteiger partial charge in [-0.25, -0.2) is 4.98 Å². The van der Waals surface area contributed by atoms with Crippen molar-refractivity contribution in [1.29, 1.82) is 0 Å². The van der Waals surface area contributed by atoms with E-state index in [1.807, 2.05) is 18.3 Å². The average Bonchev–Trinajstić information content (AvgIpc) is 3.45. The van der Waals surface area contributed by atoms with Crippen LogP contribution in [0.25, 0.3) is 0 Å². The van der Waals surface area contributed by atoms with Crippen LogP contribution < -0.4 is 10.1 Å². The lowest BCUT2D eigenvalue weighted by atomic mass is 9.95. The highest BCUT2D eigenvalue weighted by Gasteiger charge is 2.32. The minimum Gasteiger partial charge on any atom is -0.481 e. The highest BCUT2D eigenvalue weighted by Crippen LogP contribution is 2.40. The highest BCUT2D eigenvalue weighted by atomic mass is 16.5. The summed E-state index contributed by atoms with van der Waals surface area (Å²) >= 11 is 0. The van der Waals surface area contributed by atoms with Gasteiger partial charge in [0.2, 0.25) is 5.88 Å². The number of rotatable bonds is 6. The van der Waals surface area contributed by atoms with Crippen LogP contribution >= 0.6 is 0 Å². The minimum absolute atomic E-state index is 0.262. The number of amides is 1. The Kier molecular flexibility index (Phi) is 4.53. The fraction of sp³-hybridized carbons (Fsp3) is 0.368. The van der Waals surface area contributed by atoms with E-state index in [2.05, 4.69) is 10.3 Å². The SMILES string of the molecule is COc1ncc(C2CC2)cc1CNC(=O)[C@](C)(O)c1ccccc1. The number of carbonyl (C=O) groups is 1. The van der Waals surface area contributed by atoms with Crippen LogP contribution in [0, 0.1) is 0 Å². The zero-order valence-electron chi connectivity index (χ0n) is 14.0. The number of pyridine rings is 1. The fourth-order valence-electron chi connectivity index (χ4n) is 2.71. The van der Waals surface area contributed by atoms with Gasteiger partial charge in [-0.2, -0.15) is 0 Å². The fourth-order valence-corrected chi connectivity index (χ4v) is 2.71. The minimum atomic E-state index is -1.59. The smallest absolute Gasteiger partial charge is 0.256 e. The topological polar surface area (TPSA) is 71.5 Å². The first-order chi connectivity index (χ1) is 11.5. The first-order valence-corrected chi connectivity index (χ1v) is 8.11. The van der Waals surface area contributed by atoms with Gasteiger partial charge in [0.1, 0.15) is 0 Å². The quantitative estimate of drug-likeness (QED) is 0.855. The molecule has 0 spiro atoms. The molecule has 0 saturated heterocycles. The van der Waals surface area contributed by atoms with Crippen LogP contribution in [0.15, 0.2) is 42.6 Å². The molecule has 3 rings (SSSR count). The summed E-state index contributed by atoms with van der Waals surface area (Å²) in [6, 6.07) is 10.9. The monoisotopic (exact) mass is 326 g/mol. The van der Waals surface area contributed by atoms with Gasteiger partial charge in [0, 0.05) is 18.3 Å². The second-order valence-electron chi connectivity index (χ2n) is 6.33. The molecule has 1 saturated carbocycles. The van der Waals surface area contributed by atoms with Crippen LogP contribution in [-0.2, 0) is 16.9 Å². The van der Waals surface area contributed by atoms with Gasteiger partial charge in [-0.05, 0) is 42.9 Å². The highest BCUT2D eigenvalue weighted by molar-refractivity contribution is 5.85. The molecule has 1 amide bonds. The molecule has 1 aromatic carbocycles. The summed E-state index contributed by atoms with van der Waals surface area (Å²) in [7, 11) is 1.56. The van der Waals surface area contributed by atoms with E-state index in [1.54, 1.807) is 31.4 Å². The number of benzene rings is 1. The Bertz CT molecular complexity index is 725. The molecule has 24 heavy (non-hydrogen) atoms. The molecule has 2 aromatic rings. The largest absolute Gasteiger partial charge is 0.481 e. The van der Waals surface area contributed by atoms with Crippen molar-refractivity contribution in [1.82, 2.24) is 10.3 Å². The number of methoxy groups -OCH3 is 1. The zero-order chi connectivity index (χ0) is 17.2. The van der Waals surface area contributed by atoms with Crippen molar-refractivity contribution in [2.24, 2.45) is 0 Å². The molecule has 1 heterocycles. The van der Waals surface area contributed by atoms with Gasteiger partial charge < -0.3 is 15.2 Å². The van der Waals surface area contributed by atoms with Crippen LogP contribution in [-0.4, -0.2) is 23.1 Å². The zero-order valence-corrected chi connectivity index (χ0v) is 14.0. The standard InChI is InChI=1S/C19H22N2O3/c1-19(23,16-6-4-3-5-7-16)18(22)21-12-15-10-14(13-8-9-13)11-20-17(15)24-2/h3-7,10-11,13,23H,8-9,12H2,1-2H3,(H,21,22)/t19-/m1/s1. The maximum Gasteiger partial charge on any atom is 0.256 e. The van der Waals surface area contributed by atoms with E-state index in [9.17, 15) is 9.90 Å². The van der Waals surface area contributed by atoms with Gasteiger partial charge in [0.15, 0.2) is 5.60 Å². The number of aromatic nitrogens is 1. The number of ether oxygens (including phenoxy) is 1. The number of hydrogen-bond acceptors (Lipinski definition) is 4. The average molecular weight is 326 g/mol. The normalized spacial score (nSPS) is 16.3. The van der Waals surface area contributed by atoms with E-state index in [-0.39, 0.29) is 6.54 Å². The molecule has 1 aliphatic carbocycles. The van der Waals surface area contributed by atoms with Crippen LogP contribution in [0.2, 0.25) is 0 Å². The van der Waals surface area contributed by atoms with Crippen molar-refractivity contribution in [3.63, 3.8) is 0 Å². The summed E-state index contributed by atoms with van der Waals surface area (Å²) < 4.78 is 5.28. The third-order valence-electron chi connectivity index (χ3n) is 4.41. The second-order valence-corrected chi connectivity index (χ2v) is 6.33. The Morgan fingerprint density at radius 2 is 2.08 bits per heavy atom. The van der Waals surface area contributed by atoms with Gasteiger partial charge in [-0.3, -0.25) is 4.79 Å². The summed E-state index contributed by atoms with van der Waals surface area (Å²) in [5, 5.41) is 13.3. The molecule has 0 unspecified atom stereocenters. The van der Waals surface area contributed by atoms with E-state index in [1.165, 1.54) is 25.3 Å².